The first-order valence-electron chi connectivity index (χ1n) is 14.1. The van der Waals surface area contributed by atoms with Gasteiger partial charge < -0.3 is 30.5 Å². The maximum absolute atomic E-state index is 10.4. The van der Waals surface area contributed by atoms with E-state index in [9.17, 15) is 5.11 Å². The summed E-state index contributed by atoms with van der Waals surface area (Å²) < 4.78 is 8.26. The molecule has 1 fully saturated rings. The molecule has 5 N–H and O–H groups in total. The molecule has 10 heteroatoms. The predicted octanol–water partition coefficient (Wildman–Crippen LogP) is 3.75. The zero-order valence-corrected chi connectivity index (χ0v) is 24.6. The molecule has 0 saturated carbocycles. The lowest BCUT2D eigenvalue weighted by Gasteiger charge is -2.37. The summed E-state index contributed by atoms with van der Waals surface area (Å²) in [5.41, 5.74) is 3.63. The zero-order valence-electron chi connectivity index (χ0n) is 24.6. The lowest BCUT2D eigenvalue weighted by atomic mass is 9.89. The van der Waals surface area contributed by atoms with Crippen LogP contribution in [-0.2, 0) is 6.54 Å². The third kappa shape index (κ3) is 6.98. The number of benzene rings is 1. The zero-order chi connectivity index (χ0) is 29.0. The van der Waals surface area contributed by atoms with Crippen molar-refractivity contribution in [3.8, 4) is 17.1 Å². The lowest BCUT2D eigenvalue weighted by Crippen LogP contribution is -2.45. The molecule has 0 radical (unpaired) electrons. The van der Waals surface area contributed by atoms with E-state index in [1.54, 1.807) is 6.92 Å². The third-order valence-corrected chi connectivity index (χ3v) is 7.08. The quantitative estimate of drug-likeness (QED) is 0.252. The van der Waals surface area contributed by atoms with E-state index in [1.807, 2.05) is 59.1 Å². The van der Waals surface area contributed by atoms with Gasteiger partial charge in [0, 0.05) is 55.8 Å². The van der Waals surface area contributed by atoms with Crippen molar-refractivity contribution in [2.45, 2.75) is 65.6 Å². The number of nitrogens with zero attached hydrogens (tertiary/aromatic N) is 4. The number of imidazole rings is 1. The van der Waals surface area contributed by atoms with Crippen molar-refractivity contribution in [2.75, 3.05) is 33.3 Å². The van der Waals surface area contributed by atoms with E-state index in [1.165, 1.54) is 6.21 Å². The molecule has 2 aliphatic heterocycles. The number of likely N-dealkylation sites (tertiary alicyclic amines) is 1. The van der Waals surface area contributed by atoms with Gasteiger partial charge >= 0.3 is 0 Å². The van der Waals surface area contributed by atoms with Crippen LogP contribution >= 0.6 is 0 Å². The Labute approximate surface area is 237 Å². The molecule has 0 spiro atoms. The molecule has 1 aromatic heterocycles. The Hall–Kier alpha value is -3.50. The van der Waals surface area contributed by atoms with Crippen molar-refractivity contribution in [3.05, 3.63) is 41.4 Å². The smallest absolute Gasteiger partial charge is 0.155 e. The predicted molar refractivity (Wildman–Crippen MR) is 162 cm³/mol. The molecule has 2 aliphatic rings. The van der Waals surface area contributed by atoms with Gasteiger partial charge in [0.2, 0.25) is 0 Å². The van der Waals surface area contributed by atoms with Crippen LogP contribution in [0.1, 0.15) is 58.7 Å². The highest BCUT2D eigenvalue weighted by Crippen LogP contribution is 2.36. The van der Waals surface area contributed by atoms with Crippen LogP contribution in [0.4, 0.5) is 0 Å². The molecular formula is C30H44N8O2. The second kappa shape index (κ2) is 12.3. The number of ether oxygens (including phenoxy) is 1. The fourth-order valence-electron chi connectivity index (χ4n) is 5.63. The monoisotopic (exact) mass is 548 g/mol. The molecule has 1 unspecified atom stereocenters. The number of aliphatic imine (C=N–C) groups is 1. The minimum atomic E-state index is -0.745. The van der Waals surface area contributed by atoms with Crippen LogP contribution in [0.25, 0.3) is 17.0 Å². The number of aromatic nitrogens is 2. The van der Waals surface area contributed by atoms with Crippen LogP contribution in [0.5, 0.6) is 5.75 Å². The molecule has 10 nitrogen and oxygen atoms in total. The van der Waals surface area contributed by atoms with Crippen molar-refractivity contribution in [1.82, 2.24) is 25.1 Å². The summed E-state index contributed by atoms with van der Waals surface area (Å²) in [6, 6.07) is 6.21. The molecular weight excluding hydrogens is 504 g/mol. The Morgan fingerprint density at radius 1 is 1.32 bits per heavy atom. The highest BCUT2D eigenvalue weighted by atomic mass is 16.5. The molecule has 40 heavy (non-hydrogen) atoms. The first kappa shape index (κ1) is 29.5. The second-order valence-electron chi connectivity index (χ2n) is 11.7. The van der Waals surface area contributed by atoms with Gasteiger partial charge in [0.25, 0.3) is 0 Å². The Morgan fingerprint density at radius 3 is 2.75 bits per heavy atom. The maximum atomic E-state index is 10.4. The van der Waals surface area contributed by atoms with Crippen LogP contribution in [0.3, 0.4) is 0 Å². The van der Waals surface area contributed by atoms with E-state index >= 15 is 0 Å². The number of rotatable bonds is 8. The van der Waals surface area contributed by atoms with Crippen LogP contribution in [0, 0.1) is 16.7 Å². The normalized spacial score (nSPS) is 18.7. The van der Waals surface area contributed by atoms with E-state index in [0.717, 1.165) is 59.9 Å². The number of hydrogen-bond acceptors (Lipinski definition) is 7. The molecule has 0 amide bonds. The van der Waals surface area contributed by atoms with Crippen molar-refractivity contribution < 1.29 is 9.84 Å². The molecule has 216 valence electrons. The average molecular weight is 549 g/mol. The SMILES string of the molecule is CN/C(=C(\C=N)c1ccc2c(c1)OCCn1cc(/C(=N/C(C)=N)NC(C)C)nc1-2)C1CCCN(CC(C)(C)O)C1. The van der Waals surface area contributed by atoms with Gasteiger partial charge in [0.05, 0.1) is 17.7 Å². The van der Waals surface area contributed by atoms with Crippen LogP contribution < -0.4 is 15.4 Å². The van der Waals surface area contributed by atoms with Crippen molar-refractivity contribution >= 4 is 23.5 Å². The van der Waals surface area contributed by atoms with E-state index in [0.29, 0.717) is 31.2 Å². The third-order valence-electron chi connectivity index (χ3n) is 7.08. The molecule has 0 aliphatic carbocycles. The van der Waals surface area contributed by atoms with Gasteiger partial charge in [-0.2, -0.15) is 0 Å². The number of amidine groups is 2. The molecule has 1 atom stereocenters. The van der Waals surface area contributed by atoms with Gasteiger partial charge in [-0.05, 0) is 71.7 Å². The topological polar surface area (TPSA) is 135 Å². The fourth-order valence-corrected chi connectivity index (χ4v) is 5.63. The van der Waals surface area contributed by atoms with Gasteiger partial charge in [0.1, 0.15) is 29.7 Å². The van der Waals surface area contributed by atoms with Crippen LogP contribution in [0.2, 0.25) is 0 Å². The Balaban J connectivity index is 1.69. The van der Waals surface area contributed by atoms with Gasteiger partial charge in [-0.1, -0.05) is 6.07 Å². The summed E-state index contributed by atoms with van der Waals surface area (Å²) in [5.74, 6) is 2.56. The van der Waals surface area contributed by atoms with Crippen LogP contribution in [0.15, 0.2) is 35.1 Å². The minimum Gasteiger partial charge on any atom is -0.491 e. The van der Waals surface area contributed by atoms with Gasteiger partial charge in [-0.25, -0.2) is 9.98 Å². The molecule has 4 rings (SSSR count). The number of β-amino-alcohol motifs (C(OH)–C–C–N with tert-alkyl or cyclic N) is 1. The summed E-state index contributed by atoms with van der Waals surface area (Å²) in [7, 11) is 1.92. The van der Waals surface area contributed by atoms with E-state index in [2.05, 4.69) is 25.1 Å². The summed E-state index contributed by atoms with van der Waals surface area (Å²) in [6.45, 7) is 13.0. The molecule has 1 saturated heterocycles. The summed E-state index contributed by atoms with van der Waals surface area (Å²) in [5, 5.41) is 33.3. The van der Waals surface area contributed by atoms with E-state index in [-0.39, 0.29) is 17.8 Å². The number of piperidine rings is 1. The van der Waals surface area contributed by atoms with E-state index in [4.69, 9.17) is 20.5 Å². The molecule has 0 bridgehead atoms. The van der Waals surface area contributed by atoms with Gasteiger partial charge in [-0.3, -0.25) is 10.3 Å². The Morgan fingerprint density at radius 2 is 2.10 bits per heavy atom. The largest absolute Gasteiger partial charge is 0.491 e. The summed E-state index contributed by atoms with van der Waals surface area (Å²) >= 11 is 0. The standard InChI is InChI=1S/C30H44N8O2/c1-19(2)34-28(35-20(3)32)25-17-38-12-13-40-26-14-21(9-10-23(26)29(38)36-25)24(15-31)27(33-6)22-8-7-11-37(16-22)18-30(4,5)39/h9-10,14-15,17,19,22,31,33,39H,7-8,11-13,16,18H2,1-6H3,(H2,32,34,35)/b27-24+,31-15?. The highest BCUT2D eigenvalue weighted by molar-refractivity contribution is 6.10. The Kier molecular flexibility index (Phi) is 9.10. The highest BCUT2D eigenvalue weighted by Gasteiger charge is 2.28. The minimum absolute atomic E-state index is 0.150. The second-order valence-corrected chi connectivity index (χ2v) is 11.7. The van der Waals surface area contributed by atoms with Crippen molar-refractivity contribution in [2.24, 2.45) is 10.9 Å². The van der Waals surface area contributed by atoms with Crippen molar-refractivity contribution in [3.63, 3.8) is 0 Å². The van der Waals surface area contributed by atoms with Gasteiger partial charge in [0.15, 0.2) is 5.84 Å². The lowest BCUT2D eigenvalue weighted by molar-refractivity contribution is 0.0240. The number of nitrogens with one attached hydrogen (secondary N) is 4. The fraction of sp³-hybridized carbons (Fsp3) is 0.533. The molecule has 2 aromatic rings. The van der Waals surface area contributed by atoms with Crippen molar-refractivity contribution in [1.29, 1.82) is 10.8 Å². The van der Waals surface area contributed by atoms with Crippen LogP contribution in [-0.4, -0.2) is 82.4 Å². The number of allylic oxidation sites excluding steroid dienone is 1. The maximum Gasteiger partial charge on any atom is 0.155 e. The summed E-state index contributed by atoms with van der Waals surface area (Å²) in [6.07, 6.45) is 5.46. The van der Waals surface area contributed by atoms with Gasteiger partial charge in [-0.15, -0.1) is 0 Å². The molecule has 1 aromatic carbocycles. The average Bonchev–Trinajstić information content (AvgIpc) is 3.21. The number of aliphatic hydroxyl groups is 1. The number of fused-ring (bicyclic) bond motifs is 3. The summed E-state index contributed by atoms with van der Waals surface area (Å²) in [4.78, 5) is 11.6. The first-order valence-corrected chi connectivity index (χ1v) is 14.1. The Bertz CT molecular complexity index is 1300. The number of hydrogen-bond donors (Lipinski definition) is 5. The first-order chi connectivity index (χ1) is 19.0. The van der Waals surface area contributed by atoms with E-state index < -0.39 is 5.60 Å². The molecule has 3 heterocycles.